The van der Waals surface area contributed by atoms with Crippen LogP contribution in [0, 0.1) is 15.9 Å². The molecule has 0 saturated carbocycles. The summed E-state index contributed by atoms with van der Waals surface area (Å²) in [5.41, 5.74) is -4.55. The smallest absolute Gasteiger partial charge is 0.307 e. The van der Waals surface area contributed by atoms with Gasteiger partial charge in [-0.1, -0.05) is 11.6 Å². The van der Waals surface area contributed by atoms with E-state index in [9.17, 15) is 32.5 Å². The minimum Gasteiger partial charge on any atom is -0.307 e. The number of alkyl halides is 3. The molecule has 8 nitrogen and oxygen atoms in total. The van der Waals surface area contributed by atoms with Crippen molar-refractivity contribution in [2.75, 3.05) is 10.6 Å². The van der Waals surface area contributed by atoms with E-state index in [0.29, 0.717) is 6.07 Å². The van der Waals surface area contributed by atoms with Crippen LogP contribution in [0.4, 0.5) is 39.4 Å². The fourth-order valence-electron chi connectivity index (χ4n) is 2.35. The summed E-state index contributed by atoms with van der Waals surface area (Å²) in [4.78, 5) is 22.2. The number of nitro benzene ring substituents is 1. The Morgan fingerprint density at radius 3 is 2.39 bits per heavy atom. The first-order valence-electron chi connectivity index (χ1n) is 7.36. The fourth-order valence-corrected chi connectivity index (χ4v) is 2.54. The Kier molecular flexibility index (Phi) is 4.67. The average Bonchev–Trinajstić information content (AvgIpc) is 3.39. The molecule has 2 aromatic carbocycles. The molecule has 3 rings (SSSR count). The Morgan fingerprint density at radius 2 is 1.82 bits per heavy atom. The number of anilines is 2. The van der Waals surface area contributed by atoms with Crippen molar-refractivity contribution in [2.45, 2.75) is 11.8 Å². The van der Waals surface area contributed by atoms with Crippen LogP contribution in [-0.4, -0.2) is 17.1 Å². The van der Waals surface area contributed by atoms with Gasteiger partial charge < -0.3 is 10.6 Å². The molecule has 0 fully saturated rings. The molecule has 0 spiro atoms. The lowest BCUT2D eigenvalue weighted by Crippen LogP contribution is -2.32. The summed E-state index contributed by atoms with van der Waals surface area (Å²) in [6.07, 6.45) is -4.93. The Hall–Kier alpha value is -3.28. The monoisotopic (exact) mass is 417 g/mol. The molecule has 0 saturated heterocycles. The second kappa shape index (κ2) is 6.71. The summed E-state index contributed by atoms with van der Waals surface area (Å²) < 4.78 is 53.1. The van der Waals surface area contributed by atoms with Crippen LogP contribution in [0.3, 0.4) is 0 Å². The van der Waals surface area contributed by atoms with E-state index in [4.69, 9.17) is 11.6 Å². The predicted molar refractivity (Wildman–Crippen MR) is 89.7 cm³/mol. The molecule has 0 radical (unpaired) electrons. The van der Waals surface area contributed by atoms with Gasteiger partial charge in [0.25, 0.3) is 5.69 Å². The van der Waals surface area contributed by atoms with Crippen LogP contribution < -0.4 is 10.6 Å². The Labute approximate surface area is 158 Å². The summed E-state index contributed by atoms with van der Waals surface area (Å²) in [6.45, 7) is 0. The van der Waals surface area contributed by atoms with E-state index < -0.39 is 39.9 Å². The average molecular weight is 418 g/mol. The largest absolute Gasteiger partial charge is 0.442 e. The van der Waals surface area contributed by atoms with E-state index in [1.807, 2.05) is 0 Å². The highest BCUT2D eigenvalue weighted by Gasteiger charge is 2.66. The lowest BCUT2D eigenvalue weighted by molar-refractivity contribution is -0.384. The highest BCUT2D eigenvalue weighted by molar-refractivity contribution is 6.32. The minimum absolute atomic E-state index is 0.0383. The summed E-state index contributed by atoms with van der Waals surface area (Å²) in [7, 11) is 0. The first kappa shape index (κ1) is 19.5. The highest BCUT2D eigenvalue weighted by Crippen LogP contribution is 2.54. The lowest BCUT2D eigenvalue weighted by Gasteiger charge is -2.19. The van der Waals surface area contributed by atoms with Gasteiger partial charge in [-0.25, -0.2) is 9.18 Å². The van der Waals surface area contributed by atoms with E-state index >= 15 is 0 Å². The third kappa shape index (κ3) is 3.58. The molecule has 2 amide bonds. The second-order valence-corrected chi connectivity index (χ2v) is 5.97. The number of carbonyl (C=O) groups excluding carboxylic acids is 1. The molecule has 0 unspecified atom stereocenters. The van der Waals surface area contributed by atoms with Gasteiger partial charge in [0, 0.05) is 17.3 Å². The third-order valence-electron chi connectivity index (χ3n) is 3.70. The van der Waals surface area contributed by atoms with Gasteiger partial charge >= 0.3 is 17.9 Å². The molecule has 0 aromatic heterocycles. The Balaban J connectivity index is 1.84. The van der Waals surface area contributed by atoms with E-state index in [1.165, 1.54) is 12.1 Å². The van der Waals surface area contributed by atoms with Gasteiger partial charge in [-0.2, -0.15) is 13.2 Å². The number of urea groups is 1. The van der Waals surface area contributed by atoms with Crippen molar-refractivity contribution >= 4 is 34.7 Å². The van der Waals surface area contributed by atoms with Crippen molar-refractivity contribution in [1.29, 1.82) is 0 Å². The molecule has 0 aliphatic carbocycles. The van der Waals surface area contributed by atoms with E-state index in [2.05, 4.69) is 20.9 Å². The quantitative estimate of drug-likeness (QED) is 0.404. The van der Waals surface area contributed by atoms with E-state index in [1.54, 1.807) is 0 Å². The van der Waals surface area contributed by atoms with Crippen molar-refractivity contribution in [2.24, 2.45) is 10.2 Å². The molecular weight excluding hydrogens is 410 g/mol. The van der Waals surface area contributed by atoms with E-state index in [0.717, 1.165) is 18.2 Å². The van der Waals surface area contributed by atoms with Gasteiger partial charge in [-0.05, 0) is 30.3 Å². The number of nitrogens with one attached hydrogen (secondary N) is 2. The number of hydrogen-bond donors (Lipinski definition) is 2. The summed E-state index contributed by atoms with van der Waals surface area (Å²) in [5, 5.41) is 21.0. The van der Waals surface area contributed by atoms with Gasteiger partial charge in [0.2, 0.25) is 0 Å². The second-order valence-electron chi connectivity index (χ2n) is 5.56. The first-order chi connectivity index (χ1) is 13.0. The van der Waals surface area contributed by atoms with Crippen molar-refractivity contribution in [3.8, 4) is 0 Å². The van der Waals surface area contributed by atoms with Crippen LogP contribution in [0.15, 0.2) is 46.6 Å². The van der Waals surface area contributed by atoms with Crippen molar-refractivity contribution in [3.05, 3.63) is 62.9 Å². The van der Waals surface area contributed by atoms with Crippen molar-refractivity contribution < 1.29 is 27.3 Å². The number of nitrogens with zero attached hydrogens (tertiary/aromatic N) is 3. The van der Waals surface area contributed by atoms with E-state index in [-0.39, 0.29) is 16.4 Å². The van der Waals surface area contributed by atoms with Gasteiger partial charge in [0.05, 0.1) is 10.6 Å². The molecule has 0 bridgehead atoms. The van der Waals surface area contributed by atoms with Gasteiger partial charge in [-0.3, -0.25) is 10.1 Å². The van der Waals surface area contributed by atoms with Gasteiger partial charge in [-0.15, -0.1) is 10.2 Å². The zero-order valence-corrected chi connectivity index (χ0v) is 14.2. The van der Waals surface area contributed by atoms with Crippen LogP contribution in [-0.2, 0) is 5.66 Å². The maximum absolute atomic E-state index is 13.5. The van der Waals surface area contributed by atoms with Crippen LogP contribution in [0.1, 0.15) is 5.56 Å². The minimum atomic E-state index is -4.93. The zero-order valence-electron chi connectivity index (χ0n) is 13.4. The normalized spacial score (nSPS) is 14.5. The molecule has 13 heteroatoms. The highest BCUT2D eigenvalue weighted by atomic mass is 35.5. The number of carbonyl (C=O) groups is 1. The zero-order chi connectivity index (χ0) is 20.7. The number of halogens is 5. The van der Waals surface area contributed by atoms with Gasteiger partial charge in [0.15, 0.2) is 0 Å². The van der Waals surface area contributed by atoms with Crippen LogP contribution in [0.5, 0.6) is 0 Å². The fraction of sp³-hybridized carbons (Fsp3) is 0.133. The maximum Gasteiger partial charge on any atom is 0.442 e. The molecule has 2 aromatic rings. The summed E-state index contributed by atoms with van der Waals surface area (Å²) in [5.74, 6) is -0.977. The molecular formula is C15H8ClF4N5O3. The number of nitro groups is 1. The molecule has 0 atom stereocenters. The van der Waals surface area contributed by atoms with Crippen molar-refractivity contribution in [1.82, 2.24) is 0 Å². The number of rotatable bonds is 4. The van der Waals surface area contributed by atoms with Crippen LogP contribution in [0.2, 0.25) is 5.02 Å². The molecule has 146 valence electrons. The SMILES string of the molecule is O=C(Nc1ccc(Cl)c([N+](=O)[O-])c1)Nc1ccc(F)cc1C1(C(F)(F)F)N=N1. The lowest BCUT2D eigenvalue weighted by atomic mass is 10.0. The topological polar surface area (TPSA) is 109 Å². The Bertz CT molecular complexity index is 1010. The Morgan fingerprint density at radius 1 is 1.14 bits per heavy atom. The van der Waals surface area contributed by atoms with Gasteiger partial charge in [0.1, 0.15) is 10.8 Å². The molecule has 1 heterocycles. The molecule has 2 N–H and O–H groups in total. The van der Waals surface area contributed by atoms with Crippen molar-refractivity contribution in [3.63, 3.8) is 0 Å². The third-order valence-corrected chi connectivity index (χ3v) is 4.02. The molecule has 28 heavy (non-hydrogen) atoms. The summed E-state index contributed by atoms with van der Waals surface area (Å²) in [6, 6.07) is 4.70. The maximum atomic E-state index is 13.5. The molecule has 1 aliphatic heterocycles. The summed E-state index contributed by atoms with van der Waals surface area (Å²) >= 11 is 5.66. The predicted octanol–water partition coefficient (Wildman–Crippen LogP) is 5.21. The van der Waals surface area contributed by atoms with Crippen LogP contribution >= 0.6 is 11.6 Å². The van der Waals surface area contributed by atoms with Crippen LogP contribution in [0.25, 0.3) is 0 Å². The number of benzene rings is 2. The number of amides is 2. The number of hydrogen-bond acceptors (Lipinski definition) is 5. The first-order valence-corrected chi connectivity index (χ1v) is 7.74. The molecule has 1 aliphatic rings. The standard InChI is InChI=1S/C15H8ClF4N5O3/c16-10-3-2-8(6-12(10)25(27)28)21-13(26)22-11-4-1-7(17)5-9(11)14(23-24-14)15(18,19)20/h1-6H,(H2,21,22,26).